The summed E-state index contributed by atoms with van der Waals surface area (Å²) in [5.74, 6) is -1.03. The molecule has 106 valence electrons. The molecule has 0 spiro atoms. The number of fused-ring (bicyclic) bond motifs is 1. The van der Waals surface area contributed by atoms with Gasteiger partial charge in [0.1, 0.15) is 0 Å². The van der Waals surface area contributed by atoms with Crippen molar-refractivity contribution in [3.8, 4) is 0 Å². The number of rotatable bonds is 2. The zero-order chi connectivity index (χ0) is 14.9. The highest BCUT2D eigenvalue weighted by Crippen LogP contribution is 2.34. The lowest BCUT2D eigenvalue weighted by molar-refractivity contribution is -0.141. The molecule has 1 aromatic heterocycles. The van der Waals surface area contributed by atoms with Crippen LogP contribution in [0.25, 0.3) is 10.9 Å². The van der Waals surface area contributed by atoms with Crippen molar-refractivity contribution in [1.82, 2.24) is 4.98 Å². The van der Waals surface area contributed by atoms with Gasteiger partial charge >= 0.3 is 12.1 Å². The van der Waals surface area contributed by atoms with E-state index in [-0.39, 0.29) is 12.1 Å². The normalized spacial score (nSPS) is 11.7. The van der Waals surface area contributed by atoms with Crippen LogP contribution in [0.1, 0.15) is 23.0 Å². The van der Waals surface area contributed by atoms with E-state index in [1.165, 1.54) is 6.92 Å². The molecule has 0 atom stereocenters. The fraction of sp³-hybridized carbons (Fsp3) is 0.231. The number of alkyl halides is 3. The van der Waals surface area contributed by atoms with E-state index in [1.807, 2.05) is 0 Å². The Balaban J connectivity index is 2.74. The largest absolute Gasteiger partial charge is 0.462 e. The smallest absolute Gasteiger partial charge is 0.434 e. The van der Waals surface area contributed by atoms with Crippen molar-refractivity contribution >= 4 is 32.8 Å². The number of pyridine rings is 1. The van der Waals surface area contributed by atoms with Crippen LogP contribution in [0.3, 0.4) is 0 Å². The highest BCUT2D eigenvalue weighted by Gasteiger charge is 2.38. The molecule has 0 aliphatic rings. The summed E-state index contributed by atoms with van der Waals surface area (Å²) >= 11 is 3.14. The summed E-state index contributed by atoms with van der Waals surface area (Å²) in [4.78, 5) is 15.2. The second-order valence-corrected chi connectivity index (χ2v) is 4.77. The summed E-state index contributed by atoms with van der Waals surface area (Å²) in [5, 5.41) is 0.426. The zero-order valence-corrected chi connectivity index (χ0v) is 11.9. The maximum atomic E-state index is 13.0. The number of hydrogen-bond acceptors (Lipinski definition) is 3. The second-order valence-electron chi connectivity index (χ2n) is 3.91. The summed E-state index contributed by atoms with van der Waals surface area (Å²) in [7, 11) is 0. The van der Waals surface area contributed by atoms with Gasteiger partial charge in [-0.25, -0.2) is 9.78 Å². The Morgan fingerprint density at radius 2 is 2.10 bits per heavy atom. The first kappa shape index (κ1) is 14.8. The molecule has 0 unspecified atom stereocenters. The van der Waals surface area contributed by atoms with E-state index in [4.69, 9.17) is 0 Å². The number of aromatic nitrogens is 1. The molecule has 2 aromatic rings. The minimum absolute atomic E-state index is 0.00729. The SMILES string of the molecule is CCOC(=O)c1cc2cccc(Br)c2nc1C(F)(F)F. The van der Waals surface area contributed by atoms with Gasteiger partial charge in [-0.2, -0.15) is 13.2 Å². The van der Waals surface area contributed by atoms with Gasteiger partial charge in [0, 0.05) is 9.86 Å². The lowest BCUT2D eigenvalue weighted by atomic mass is 10.1. The van der Waals surface area contributed by atoms with E-state index in [1.54, 1.807) is 18.2 Å². The maximum Gasteiger partial charge on any atom is 0.434 e. The number of esters is 1. The lowest BCUT2D eigenvalue weighted by Gasteiger charge is -2.13. The number of carbonyl (C=O) groups excluding carboxylic acids is 1. The van der Waals surface area contributed by atoms with Crippen molar-refractivity contribution in [3.63, 3.8) is 0 Å². The van der Waals surface area contributed by atoms with Crippen LogP contribution in [-0.2, 0) is 10.9 Å². The van der Waals surface area contributed by atoms with E-state index in [2.05, 4.69) is 25.7 Å². The minimum atomic E-state index is -4.73. The molecule has 0 bridgehead atoms. The molecule has 0 saturated carbocycles. The molecule has 20 heavy (non-hydrogen) atoms. The Bertz CT molecular complexity index is 670. The van der Waals surface area contributed by atoms with Crippen molar-refractivity contribution in [2.24, 2.45) is 0 Å². The Morgan fingerprint density at radius 1 is 1.40 bits per heavy atom. The zero-order valence-electron chi connectivity index (χ0n) is 10.3. The van der Waals surface area contributed by atoms with Crippen LogP contribution in [-0.4, -0.2) is 17.6 Å². The van der Waals surface area contributed by atoms with Crippen LogP contribution < -0.4 is 0 Å². The van der Waals surface area contributed by atoms with Crippen molar-refractivity contribution < 1.29 is 22.7 Å². The van der Waals surface area contributed by atoms with Gasteiger partial charge in [0.15, 0.2) is 5.69 Å². The summed E-state index contributed by atoms with van der Waals surface area (Å²) in [6, 6.07) is 5.96. The molecule has 0 saturated heterocycles. The number of ether oxygens (including phenoxy) is 1. The van der Waals surface area contributed by atoms with E-state index in [0.29, 0.717) is 9.86 Å². The van der Waals surface area contributed by atoms with E-state index in [0.717, 1.165) is 6.07 Å². The van der Waals surface area contributed by atoms with Crippen molar-refractivity contribution in [2.75, 3.05) is 6.61 Å². The number of halogens is 4. The number of hydrogen-bond donors (Lipinski definition) is 0. The van der Waals surface area contributed by atoms with E-state index >= 15 is 0 Å². The van der Waals surface area contributed by atoms with Crippen molar-refractivity contribution in [3.05, 3.63) is 40.0 Å². The van der Waals surface area contributed by atoms with Crippen molar-refractivity contribution in [1.29, 1.82) is 0 Å². The molecule has 7 heteroatoms. The predicted molar refractivity (Wildman–Crippen MR) is 70.4 cm³/mol. The first-order valence-corrected chi connectivity index (χ1v) is 6.47. The van der Waals surface area contributed by atoms with Gasteiger partial charge in [0.25, 0.3) is 0 Å². The Kier molecular flexibility index (Phi) is 3.99. The topological polar surface area (TPSA) is 39.2 Å². The lowest BCUT2D eigenvalue weighted by Crippen LogP contribution is -2.17. The van der Waals surface area contributed by atoms with Gasteiger partial charge in [0.2, 0.25) is 0 Å². The summed E-state index contributed by atoms with van der Waals surface area (Å²) in [6.07, 6.45) is -4.73. The van der Waals surface area contributed by atoms with Crippen molar-refractivity contribution in [2.45, 2.75) is 13.1 Å². The van der Waals surface area contributed by atoms with Crippen LogP contribution in [0, 0.1) is 0 Å². The van der Waals surface area contributed by atoms with Gasteiger partial charge in [-0.1, -0.05) is 12.1 Å². The summed E-state index contributed by atoms with van der Waals surface area (Å²) in [5.41, 5.74) is -1.67. The van der Waals surface area contributed by atoms with E-state index in [9.17, 15) is 18.0 Å². The Labute approximate surface area is 120 Å². The van der Waals surface area contributed by atoms with E-state index < -0.39 is 23.4 Å². The average molecular weight is 348 g/mol. The monoisotopic (exact) mass is 347 g/mol. The summed E-state index contributed by atoms with van der Waals surface area (Å²) < 4.78 is 44.1. The van der Waals surface area contributed by atoms with Gasteiger partial charge in [0.05, 0.1) is 17.7 Å². The Morgan fingerprint density at radius 3 is 2.70 bits per heavy atom. The van der Waals surface area contributed by atoms with Gasteiger partial charge in [-0.05, 0) is 35.0 Å². The third-order valence-electron chi connectivity index (χ3n) is 2.56. The van der Waals surface area contributed by atoms with Gasteiger partial charge in [-0.15, -0.1) is 0 Å². The molecule has 0 aliphatic heterocycles. The van der Waals surface area contributed by atoms with Crippen LogP contribution in [0.2, 0.25) is 0 Å². The first-order chi connectivity index (χ1) is 9.34. The van der Waals surface area contributed by atoms with Crippen LogP contribution >= 0.6 is 15.9 Å². The fourth-order valence-electron chi connectivity index (χ4n) is 1.74. The first-order valence-electron chi connectivity index (χ1n) is 5.68. The average Bonchev–Trinajstić information content (AvgIpc) is 2.37. The molecule has 0 aliphatic carbocycles. The number of carbonyl (C=O) groups is 1. The standard InChI is InChI=1S/C13H9BrF3NO2/c1-2-20-12(19)8-6-7-4-3-5-9(14)10(7)18-11(8)13(15,16)17/h3-6H,2H2,1H3. The molecule has 0 fully saturated rings. The summed E-state index contributed by atoms with van der Waals surface area (Å²) in [6.45, 7) is 1.52. The highest BCUT2D eigenvalue weighted by atomic mass is 79.9. The third-order valence-corrected chi connectivity index (χ3v) is 3.20. The molecule has 3 nitrogen and oxygen atoms in total. The Hall–Kier alpha value is -1.63. The second kappa shape index (κ2) is 5.40. The molecular formula is C13H9BrF3NO2. The third kappa shape index (κ3) is 2.77. The molecule has 0 amide bonds. The number of para-hydroxylation sites is 1. The maximum absolute atomic E-state index is 13.0. The quantitative estimate of drug-likeness (QED) is 0.764. The molecule has 1 aromatic carbocycles. The van der Waals surface area contributed by atoms with Gasteiger partial charge < -0.3 is 4.74 Å². The number of benzene rings is 1. The van der Waals surface area contributed by atoms with Gasteiger partial charge in [-0.3, -0.25) is 0 Å². The predicted octanol–water partition coefficient (Wildman–Crippen LogP) is 4.19. The highest BCUT2D eigenvalue weighted by molar-refractivity contribution is 9.10. The molecule has 2 rings (SSSR count). The molecule has 1 heterocycles. The molecule has 0 radical (unpaired) electrons. The molecule has 0 N–H and O–H groups in total. The van der Waals surface area contributed by atoms with Crippen LogP contribution in [0.5, 0.6) is 0 Å². The molecular weight excluding hydrogens is 339 g/mol. The van der Waals surface area contributed by atoms with Crippen LogP contribution in [0.15, 0.2) is 28.7 Å². The minimum Gasteiger partial charge on any atom is -0.462 e. The van der Waals surface area contributed by atoms with Crippen LogP contribution in [0.4, 0.5) is 13.2 Å². The number of nitrogens with zero attached hydrogens (tertiary/aromatic N) is 1. The fourth-order valence-corrected chi connectivity index (χ4v) is 2.21.